The molecule has 0 aromatic rings. The molecule has 0 unspecified atom stereocenters. The van der Waals surface area contributed by atoms with Crippen molar-refractivity contribution in [1.82, 2.24) is 19.6 Å². The molecule has 0 bridgehead atoms. The Hall–Kier alpha value is -0.160. The first-order valence-electron chi connectivity index (χ1n) is 5.42. The highest BCUT2D eigenvalue weighted by Gasteiger charge is 2.40. The largest absolute Gasteiger partial charge is 0.287 e. The normalized spacial score (nSPS) is 30.9. The standard InChI is InChI=1S/C10H22N4/c1-11-5-6-12(2)9(11)10-13(3)7-8-14(10)4/h9-10H,5-8H2,1-4H3. The highest BCUT2D eigenvalue weighted by Crippen LogP contribution is 2.22. The third-order valence-electron chi connectivity index (χ3n) is 3.68. The van der Waals surface area contributed by atoms with Crippen molar-refractivity contribution in [2.45, 2.75) is 12.3 Å². The van der Waals surface area contributed by atoms with Gasteiger partial charge in [-0.2, -0.15) is 0 Å². The van der Waals surface area contributed by atoms with Crippen molar-refractivity contribution in [2.75, 3.05) is 54.4 Å². The van der Waals surface area contributed by atoms with Crippen LogP contribution in [0.4, 0.5) is 0 Å². The predicted octanol–water partition coefficient (Wildman–Crippen LogP) is -0.607. The van der Waals surface area contributed by atoms with Gasteiger partial charge in [-0.25, -0.2) is 0 Å². The second-order valence-corrected chi connectivity index (χ2v) is 4.75. The van der Waals surface area contributed by atoms with Crippen LogP contribution in [0.1, 0.15) is 0 Å². The topological polar surface area (TPSA) is 13.0 Å². The fourth-order valence-corrected chi connectivity index (χ4v) is 2.74. The van der Waals surface area contributed by atoms with E-state index in [1.165, 1.54) is 26.2 Å². The maximum atomic E-state index is 2.46. The molecular weight excluding hydrogens is 176 g/mol. The van der Waals surface area contributed by atoms with Crippen LogP contribution in [0.3, 0.4) is 0 Å². The summed E-state index contributed by atoms with van der Waals surface area (Å²) in [7, 11) is 8.92. The zero-order valence-electron chi connectivity index (χ0n) is 9.77. The Morgan fingerprint density at radius 1 is 0.571 bits per heavy atom. The van der Waals surface area contributed by atoms with Crippen LogP contribution in [-0.2, 0) is 0 Å². The van der Waals surface area contributed by atoms with E-state index < -0.39 is 0 Å². The number of likely N-dealkylation sites (N-methyl/N-ethyl adjacent to an activating group) is 4. The summed E-state index contributed by atoms with van der Waals surface area (Å²) in [6, 6.07) is 0. The van der Waals surface area contributed by atoms with Crippen molar-refractivity contribution in [2.24, 2.45) is 0 Å². The summed E-state index contributed by atoms with van der Waals surface area (Å²) in [6.07, 6.45) is 1.12. The molecule has 2 aliphatic rings. The molecule has 2 aliphatic heterocycles. The van der Waals surface area contributed by atoms with Gasteiger partial charge in [0.05, 0.1) is 12.3 Å². The number of hydrogen-bond acceptors (Lipinski definition) is 4. The van der Waals surface area contributed by atoms with Crippen LogP contribution in [0.25, 0.3) is 0 Å². The molecule has 14 heavy (non-hydrogen) atoms. The number of rotatable bonds is 1. The van der Waals surface area contributed by atoms with E-state index in [9.17, 15) is 0 Å². The molecule has 4 heteroatoms. The monoisotopic (exact) mass is 198 g/mol. The molecule has 2 rings (SSSR count). The quantitative estimate of drug-likeness (QED) is 0.557. The SMILES string of the molecule is CN1CCN(C)C1C1N(C)CCN1C. The highest BCUT2D eigenvalue weighted by atomic mass is 15.5. The molecule has 0 aromatic heterocycles. The minimum atomic E-state index is 0.562. The van der Waals surface area contributed by atoms with Gasteiger partial charge in [0.15, 0.2) is 0 Å². The summed E-state index contributed by atoms with van der Waals surface area (Å²) in [4.78, 5) is 9.85. The summed E-state index contributed by atoms with van der Waals surface area (Å²) < 4.78 is 0. The van der Waals surface area contributed by atoms with Gasteiger partial charge in [-0.1, -0.05) is 0 Å². The van der Waals surface area contributed by atoms with Crippen LogP contribution in [0.15, 0.2) is 0 Å². The average Bonchev–Trinajstić information content (AvgIpc) is 2.60. The van der Waals surface area contributed by atoms with Crippen LogP contribution in [0.2, 0.25) is 0 Å². The Balaban J connectivity index is 2.12. The lowest BCUT2D eigenvalue weighted by molar-refractivity contribution is 0.0299. The van der Waals surface area contributed by atoms with Gasteiger partial charge in [-0.15, -0.1) is 0 Å². The summed E-state index contributed by atoms with van der Waals surface area (Å²) in [5, 5.41) is 0. The number of nitrogens with zero attached hydrogens (tertiary/aromatic N) is 4. The van der Waals surface area contributed by atoms with E-state index in [1.807, 2.05) is 0 Å². The molecule has 0 spiro atoms. The molecule has 0 aliphatic carbocycles. The lowest BCUT2D eigenvalue weighted by Crippen LogP contribution is -2.54. The van der Waals surface area contributed by atoms with E-state index in [1.54, 1.807) is 0 Å². The summed E-state index contributed by atoms with van der Waals surface area (Å²) in [5.74, 6) is 0. The molecule has 2 heterocycles. The fraction of sp³-hybridized carbons (Fsp3) is 1.00. The maximum Gasteiger partial charge on any atom is 0.0917 e. The molecule has 2 fully saturated rings. The highest BCUT2D eigenvalue weighted by molar-refractivity contribution is 4.90. The van der Waals surface area contributed by atoms with Crippen molar-refractivity contribution in [3.63, 3.8) is 0 Å². The molecule has 0 aromatic carbocycles. The van der Waals surface area contributed by atoms with Crippen molar-refractivity contribution >= 4 is 0 Å². The van der Waals surface area contributed by atoms with E-state index >= 15 is 0 Å². The molecule has 82 valence electrons. The molecule has 2 saturated heterocycles. The van der Waals surface area contributed by atoms with Crippen LogP contribution in [-0.4, -0.2) is 86.3 Å². The maximum absolute atomic E-state index is 2.46. The summed E-state index contributed by atoms with van der Waals surface area (Å²) in [6.45, 7) is 4.78. The van der Waals surface area contributed by atoms with Crippen LogP contribution >= 0.6 is 0 Å². The van der Waals surface area contributed by atoms with Gasteiger partial charge in [0.2, 0.25) is 0 Å². The zero-order chi connectivity index (χ0) is 10.3. The molecule has 0 amide bonds. The van der Waals surface area contributed by atoms with Crippen molar-refractivity contribution in [1.29, 1.82) is 0 Å². The van der Waals surface area contributed by atoms with Gasteiger partial charge in [-0.3, -0.25) is 19.6 Å². The first-order chi connectivity index (χ1) is 6.61. The smallest absolute Gasteiger partial charge is 0.0917 e. The van der Waals surface area contributed by atoms with Crippen LogP contribution < -0.4 is 0 Å². The summed E-state index contributed by atoms with van der Waals surface area (Å²) in [5.41, 5.74) is 0. The Bertz CT molecular complexity index is 166. The first kappa shape index (κ1) is 10.4. The fourth-order valence-electron chi connectivity index (χ4n) is 2.74. The van der Waals surface area contributed by atoms with Gasteiger partial charge in [0.1, 0.15) is 0 Å². The van der Waals surface area contributed by atoms with Crippen molar-refractivity contribution in [3.05, 3.63) is 0 Å². The van der Waals surface area contributed by atoms with E-state index in [-0.39, 0.29) is 0 Å². The van der Waals surface area contributed by atoms with Crippen molar-refractivity contribution < 1.29 is 0 Å². The molecule has 0 atom stereocenters. The van der Waals surface area contributed by atoms with Crippen LogP contribution in [0.5, 0.6) is 0 Å². The van der Waals surface area contributed by atoms with Gasteiger partial charge < -0.3 is 0 Å². The molecule has 0 N–H and O–H groups in total. The first-order valence-corrected chi connectivity index (χ1v) is 5.42. The lowest BCUT2D eigenvalue weighted by Gasteiger charge is -2.37. The second kappa shape index (κ2) is 3.77. The Kier molecular flexibility index (Phi) is 2.79. The minimum absolute atomic E-state index is 0.562. The Morgan fingerprint density at radius 2 is 0.786 bits per heavy atom. The van der Waals surface area contributed by atoms with E-state index in [0.29, 0.717) is 12.3 Å². The van der Waals surface area contributed by atoms with Gasteiger partial charge in [0.25, 0.3) is 0 Å². The van der Waals surface area contributed by atoms with E-state index in [4.69, 9.17) is 0 Å². The minimum Gasteiger partial charge on any atom is -0.287 e. The van der Waals surface area contributed by atoms with Gasteiger partial charge in [-0.05, 0) is 28.2 Å². The van der Waals surface area contributed by atoms with Gasteiger partial charge in [0, 0.05) is 26.2 Å². The number of hydrogen-bond donors (Lipinski definition) is 0. The second-order valence-electron chi connectivity index (χ2n) is 4.75. The third kappa shape index (κ3) is 1.56. The van der Waals surface area contributed by atoms with Crippen molar-refractivity contribution in [3.8, 4) is 0 Å². The third-order valence-corrected chi connectivity index (χ3v) is 3.68. The molecule has 0 radical (unpaired) electrons. The van der Waals surface area contributed by atoms with E-state index in [2.05, 4.69) is 47.8 Å². The lowest BCUT2D eigenvalue weighted by atomic mass is 10.3. The molecule has 0 saturated carbocycles. The summed E-state index contributed by atoms with van der Waals surface area (Å²) >= 11 is 0. The average molecular weight is 198 g/mol. The molecular formula is C10H22N4. The van der Waals surface area contributed by atoms with Gasteiger partial charge >= 0.3 is 0 Å². The molecule has 4 nitrogen and oxygen atoms in total. The Labute approximate surface area is 87.1 Å². The van der Waals surface area contributed by atoms with Crippen LogP contribution in [0, 0.1) is 0 Å². The Morgan fingerprint density at radius 3 is 1.00 bits per heavy atom. The predicted molar refractivity (Wildman–Crippen MR) is 58.1 cm³/mol. The zero-order valence-corrected chi connectivity index (χ0v) is 9.77. The van der Waals surface area contributed by atoms with E-state index in [0.717, 1.165) is 0 Å².